The lowest BCUT2D eigenvalue weighted by atomic mass is 9.65. The summed E-state index contributed by atoms with van der Waals surface area (Å²) in [6, 6.07) is 60.5. The van der Waals surface area contributed by atoms with Crippen molar-refractivity contribution in [2.45, 2.75) is 5.41 Å². The summed E-state index contributed by atoms with van der Waals surface area (Å²) in [6.07, 6.45) is 5.58. The van der Waals surface area contributed by atoms with Crippen molar-refractivity contribution in [2.24, 2.45) is 0 Å². The number of para-hydroxylation sites is 1. The number of nitrogens with zero attached hydrogens (tertiary/aromatic N) is 5. The van der Waals surface area contributed by atoms with Crippen molar-refractivity contribution in [2.75, 3.05) is 0 Å². The molecule has 0 radical (unpaired) electrons. The zero-order valence-corrected chi connectivity index (χ0v) is 27.6. The van der Waals surface area contributed by atoms with E-state index in [9.17, 15) is 0 Å². The summed E-state index contributed by atoms with van der Waals surface area (Å²) in [5, 5.41) is 3.47. The Morgan fingerprint density at radius 1 is 0.333 bits per heavy atom. The maximum absolute atomic E-state index is 4.86. The van der Waals surface area contributed by atoms with Gasteiger partial charge in [0.25, 0.3) is 0 Å². The number of pyridine rings is 3. The molecule has 0 N–H and O–H groups in total. The van der Waals surface area contributed by atoms with Gasteiger partial charge in [-0.25, -0.2) is 9.97 Å². The maximum Gasteiger partial charge on any atom is 0.137 e. The molecule has 0 bridgehead atoms. The number of benzene rings is 5. The van der Waals surface area contributed by atoms with E-state index in [-0.39, 0.29) is 0 Å². The third-order valence-corrected chi connectivity index (χ3v) is 10.2. The Hall–Kier alpha value is -6.85. The number of aromatic nitrogens is 5. The van der Waals surface area contributed by atoms with E-state index in [1.54, 1.807) is 0 Å². The molecule has 10 rings (SSSR count). The number of hydrogen-bond acceptors (Lipinski definition) is 3. The van der Waals surface area contributed by atoms with Gasteiger partial charge in [-0.2, -0.15) is 0 Å². The topological polar surface area (TPSA) is 48.5 Å². The van der Waals surface area contributed by atoms with E-state index in [0.717, 1.165) is 55.7 Å². The normalized spacial score (nSPS) is 11.9. The molecule has 0 spiro atoms. The van der Waals surface area contributed by atoms with E-state index in [1.165, 1.54) is 21.9 Å². The molecule has 5 aromatic carbocycles. The van der Waals surface area contributed by atoms with Gasteiger partial charge < -0.3 is 0 Å². The lowest BCUT2D eigenvalue weighted by molar-refractivity contribution is 0.746. The molecule has 51 heavy (non-hydrogen) atoms. The van der Waals surface area contributed by atoms with Crippen LogP contribution in [0.1, 0.15) is 22.3 Å². The lowest BCUT2D eigenvalue weighted by Crippen LogP contribution is -2.31. The molecule has 0 atom stereocenters. The minimum Gasteiger partial charge on any atom is -0.294 e. The second kappa shape index (κ2) is 11.6. The largest absolute Gasteiger partial charge is 0.294 e. The van der Waals surface area contributed by atoms with E-state index < -0.39 is 5.41 Å². The third kappa shape index (κ3) is 4.38. The summed E-state index contributed by atoms with van der Waals surface area (Å²) >= 11 is 0. The van der Waals surface area contributed by atoms with E-state index in [1.807, 2.05) is 42.9 Å². The van der Waals surface area contributed by atoms with Crippen LogP contribution in [0.2, 0.25) is 0 Å². The van der Waals surface area contributed by atoms with Crippen LogP contribution in [0, 0.1) is 0 Å². The van der Waals surface area contributed by atoms with Gasteiger partial charge >= 0.3 is 0 Å². The van der Waals surface area contributed by atoms with E-state index in [2.05, 4.69) is 155 Å². The predicted molar refractivity (Wildman–Crippen MR) is 207 cm³/mol. The highest BCUT2D eigenvalue weighted by Gasteiger charge is 2.39. The van der Waals surface area contributed by atoms with Crippen LogP contribution in [-0.2, 0) is 5.41 Å². The standard InChI is InChI=1S/C46H31N5/c1-3-14-32(15-4-1)46(33-16-5-2-6-17-33,34-23-25-37-36-18-7-8-19-39(36)50(41(37)30-34)43-21-9-11-27-47-43)35-24-26-38-42(31-35)51(44-22-10-12-28-48-44)40-20-13-29-49-45(38)40/h1-31H. The fourth-order valence-corrected chi connectivity index (χ4v) is 8.11. The molecule has 5 heteroatoms. The molecule has 240 valence electrons. The quantitative estimate of drug-likeness (QED) is 0.168. The molecule has 0 fully saturated rings. The van der Waals surface area contributed by atoms with Gasteiger partial charge in [-0.3, -0.25) is 14.1 Å². The van der Waals surface area contributed by atoms with Crippen LogP contribution in [0.15, 0.2) is 188 Å². The molecule has 0 aliphatic heterocycles. The third-order valence-electron chi connectivity index (χ3n) is 10.2. The Morgan fingerprint density at radius 3 is 1.45 bits per heavy atom. The minimum atomic E-state index is -0.685. The summed E-state index contributed by atoms with van der Waals surface area (Å²) in [4.78, 5) is 14.5. The Bertz CT molecular complexity index is 2640. The molecule has 0 saturated heterocycles. The van der Waals surface area contributed by atoms with Crippen molar-refractivity contribution in [1.82, 2.24) is 24.1 Å². The molecular formula is C46H31N5. The second-order valence-electron chi connectivity index (χ2n) is 12.9. The molecule has 0 aliphatic rings. The Kier molecular flexibility index (Phi) is 6.64. The average Bonchev–Trinajstić information content (AvgIpc) is 3.72. The first-order chi connectivity index (χ1) is 25.3. The first-order valence-electron chi connectivity index (χ1n) is 17.2. The van der Waals surface area contributed by atoms with Crippen LogP contribution in [0.25, 0.3) is 55.4 Å². The number of rotatable bonds is 6. The number of hydrogen-bond donors (Lipinski definition) is 0. The molecule has 0 aliphatic carbocycles. The van der Waals surface area contributed by atoms with Crippen molar-refractivity contribution >= 4 is 43.7 Å². The number of fused-ring (bicyclic) bond motifs is 6. The molecule has 10 aromatic rings. The van der Waals surface area contributed by atoms with Gasteiger partial charge in [0.05, 0.1) is 33.0 Å². The molecule has 5 heterocycles. The Labute approximate surface area is 294 Å². The van der Waals surface area contributed by atoms with Gasteiger partial charge in [0.2, 0.25) is 0 Å². The van der Waals surface area contributed by atoms with Crippen LogP contribution in [0.5, 0.6) is 0 Å². The van der Waals surface area contributed by atoms with E-state index >= 15 is 0 Å². The molecule has 0 unspecified atom stereocenters. The summed E-state index contributed by atoms with van der Waals surface area (Å²) in [7, 11) is 0. The fraction of sp³-hybridized carbons (Fsp3) is 0.0217. The van der Waals surface area contributed by atoms with Gasteiger partial charge in [-0.1, -0.05) is 115 Å². The highest BCUT2D eigenvalue weighted by Crippen LogP contribution is 2.48. The monoisotopic (exact) mass is 653 g/mol. The minimum absolute atomic E-state index is 0.685. The lowest BCUT2D eigenvalue weighted by Gasteiger charge is -2.37. The summed E-state index contributed by atoms with van der Waals surface area (Å²) < 4.78 is 4.53. The maximum atomic E-state index is 4.86. The molecule has 0 amide bonds. The fourth-order valence-electron chi connectivity index (χ4n) is 8.11. The van der Waals surface area contributed by atoms with Crippen molar-refractivity contribution in [3.8, 4) is 11.6 Å². The van der Waals surface area contributed by atoms with Crippen molar-refractivity contribution < 1.29 is 0 Å². The van der Waals surface area contributed by atoms with Crippen molar-refractivity contribution in [3.63, 3.8) is 0 Å². The predicted octanol–water partition coefficient (Wildman–Crippen LogP) is 10.4. The molecule has 5 aromatic heterocycles. The van der Waals surface area contributed by atoms with Crippen LogP contribution in [-0.4, -0.2) is 24.1 Å². The van der Waals surface area contributed by atoms with Crippen molar-refractivity contribution in [3.05, 3.63) is 211 Å². The SMILES string of the molecule is c1ccc(C(c2ccccc2)(c2ccc3c4ccccc4n(-c4ccccn4)c3c2)c2ccc3c4ncccc4n(-c4ccccn4)c3c2)cc1. The highest BCUT2D eigenvalue weighted by atomic mass is 15.1. The second-order valence-corrected chi connectivity index (χ2v) is 12.9. The van der Waals surface area contributed by atoms with Crippen molar-refractivity contribution in [1.29, 1.82) is 0 Å². The van der Waals surface area contributed by atoms with E-state index in [0.29, 0.717) is 0 Å². The van der Waals surface area contributed by atoms with Crippen LogP contribution < -0.4 is 0 Å². The summed E-state index contributed by atoms with van der Waals surface area (Å²) in [5.41, 5.74) is 9.24. The zero-order valence-electron chi connectivity index (χ0n) is 27.6. The zero-order chi connectivity index (χ0) is 33.8. The van der Waals surface area contributed by atoms with Crippen LogP contribution >= 0.6 is 0 Å². The van der Waals surface area contributed by atoms with Gasteiger partial charge in [-0.05, 0) is 76.9 Å². The Morgan fingerprint density at radius 2 is 0.824 bits per heavy atom. The molecule has 5 nitrogen and oxygen atoms in total. The summed E-state index contributed by atoms with van der Waals surface area (Å²) in [6.45, 7) is 0. The van der Waals surface area contributed by atoms with Crippen LogP contribution in [0.3, 0.4) is 0 Å². The first-order valence-corrected chi connectivity index (χ1v) is 17.2. The van der Waals surface area contributed by atoms with Gasteiger partial charge in [0.15, 0.2) is 0 Å². The molecule has 0 saturated carbocycles. The van der Waals surface area contributed by atoms with Crippen LogP contribution in [0.4, 0.5) is 0 Å². The van der Waals surface area contributed by atoms with Gasteiger partial charge in [0.1, 0.15) is 11.6 Å². The Balaban J connectivity index is 1.35. The molecular weight excluding hydrogens is 623 g/mol. The first kappa shape index (κ1) is 29.1. The smallest absolute Gasteiger partial charge is 0.137 e. The van der Waals surface area contributed by atoms with E-state index in [4.69, 9.17) is 15.0 Å². The average molecular weight is 654 g/mol. The van der Waals surface area contributed by atoms with Gasteiger partial charge in [0, 0.05) is 34.7 Å². The summed E-state index contributed by atoms with van der Waals surface area (Å²) in [5.74, 6) is 1.74. The highest BCUT2D eigenvalue weighted by molar-refractivity contribution is 6.10. The van der Waals surface area contributed by atoms with Gasteiger partial charge in [-0.15, -0.1) is 0 Å².